The molecule has 0 bridgehead atoms. The number of hydrogen-bond acceptors (Lipinski definition) is 2. The Labute approximate surface area is 145 Å². The highest BCUT2D eigenvalue weighted by atomic mass is 19.4. The number of nitrogens with zero attached hydrogens (tertiary/aromatic N) is 1. The minimum Gasteiger partial charge on any atom is -0.324 e. The van der Waals surface area contributed by atoms with Crippen LogP contribution in [0.15, 0.2) is 42.5 Å². The third kappa shape index (κ3) is 4.78. The molecule has 26 heavy (non-hydrogen) atoms. The Balaban J connectivity index is 2.13. The Kier molecular flexibility index (Phi) is 5.59. The molecule has 0 radical (unpaired) electrons. The molecule has 4 nitrogen and oxygen atoms in total. The van der Waals surface area contributed by atoms with E-state index in [1.165, 1.54) is 0 Å². The number of amides is 2. The molecule has 2 aromatic carbocycles. The predicted molar refractivity (Wildman–Crippen MR) is 84.5 cm³/mol. The molecule has 0 spiro atoms. The van der Waals surface area contributed by atoms with Crippen LogP contribution >= 0.6 is 0 Å². The normalized spacial score (nSPS) is 11.2. The average Bonchev–Trinajstić information content (AvgIpc) is 2.55. The fourth-order valence-corrected chi connectivity index (χ4v) is 2.13. The van der Waals surface area contributed by atoms with Crippen molar-refractivity contribution in [3.63, 3.8) is 0 Å². The number of carbonyl (C=O) groups excluding carboxylic acids is 2. The lowest BCUT2D eigenvalue weighted by molar-refractivity contribution is -0.137. The van der Waals surface area contributed by atoms with Crippen molar-refractivity contribution in [2.24, 2.45) is 0 Å². The van der Waals surface area contributed by atoms with Crippen molar-refractivity contribution in [1.29, 1.82) is 0 Å². The van der Waals surface area contributed by atoms with Crippen LogP contribution in [0.5, 0.6) is 0 Å². The smallest absolute Gasteiger partial charge is 0.324 e. The predicted octanol–water partition coefficient (Wildman–Crippen LogP) is 3.98. The molecule has 0 aromatic heterocycles. The number of benzene rings is 2. The molecule has 0 atom stereocenters. The highest BCUT2D eigenvalue weighted by molar-refractivity contribution is 6.01. The van der Waals surface area contributed by atoms with Crippen LogP contribution in [0.25, 0.3) is 0 Å². The molecule has 9 heteroatoms. The Morgan fingerprint density at radius 2 is 1.62 bits per heavy atom. The lowest BCUT2D eigenvalue weighted by Crippen LogP contribution is -2.36. The molecular weight excluding hydrogens is 359 g/mol. The van der Waals surface area contributed by atoms with E-state index in [4.69, 9.17) is 0 Å². The molecule has 0 aliphatic carbocycles. The van der Waals surface area contributed by atoms with E-state index in [1.54, 1.807) is 0 Å². The number of carbonyl (C=O) groups is 2. The van der Waals surface area contributed by atoms with Gasteiger partial charge in [0.05, 0.1) is 5.56 Å². The van der Waals surface area contributed by atoms with Crippen molar-refractivity contribution >= 4 is 23.2 Å². The number of nitrogens with one attached hydrogen (secondary N) is 1. The van der Waals surface area contributed by atoms with Gasteiger partial charge in [-0.1, -0.05) is 0 Å². The second-order valence-electron chi connectivity index (χ2n) is 5.33. The van der Waals surface area contributed by atoms with Gasteiger partial charge in [0.15, 0.2) is 11.6 Å². The Bertz CT molecular complexity index is 819. The van der Waals surface area contributed by atoms with E-state index in [1.807, 2.05) is 0 Å². The Morgan fingerprint density at radius 1 is 1.00 bits per heavy atom. The van der Waals surface area contributed by atoms with Gasteiger partial charge in [0.25, 0.3) is 0 Å². The standard InChI is InChI=1S/C17H13F5N2O2/c1-10(25)24(13-5-2-11(3-6-13)17(20,21)22)9-16(26)23-12-4-7-14(18)15(19)8-12/h2-8H,9H2,1H3,(H,23,26). The molecule has 0 saturated carbocycles. The summed E-state index contributed by atoms with van der Waals surface area (Å²) >= 11 is 0. The summed E-state index contributed by atoms with van der Waals surface area (Å²) in [6.07, 6.45) is -4.52. The van der Waals surface area contributed by atoms with Gasteiger partial charge in [0.1, 0.15) is 6.54 Å². The molecule has 2 aromatic rings. The fourth-order valence-electron chi connectivity index (χ4n) is 2.13. The zero-order valence-corrected chi connectivity index (χ0v) is 13.4. The zero-order valence-electron chi connectivity index (χ0n) is 13.4. The quantitative estimate of drug-likeness (QED) is 0.826. The first-order chi connectivity index (χ1) is 12.1. The summed E-state index contributed by atoms with van der Waals surface area (Å²) in [4.78, 5) is 24.7. The molecule has 0 saturated heterocycles. The van der Waals surface area contributed by atoms with E-state index in [2.05, 4.69) is 5.32 Å². The van der Waals surface area contributed by atoms with Crippen LogP contribution in [0.1, 0.15) is 12.5 Å². The van der Waals surface area contributed by atoms with Crippen molar-refractivity contribution in [1.82, 2.24) is 0 Å². The topological polar surface area (TPSA) is 49.4 Å². The number of anilines is 2. The van der Waals surface area contributed by atoms with Gasteiger partial charge < -0.3 is 10.2 Å². The van der Waals surface area contributed by atoms with Crippen LogP contribution in [-0.2, 0) is 15.8 Å². The SMILES string of the molecule is CC(=O)N(CC(=O)Nc1ccc(F)c(F)c1)c1ccc(C(F)(F)F)cc1. The second-order valence-corrected chi connectivity index (χ2v) is 5.33. The fraction of sp³-hybridized carbons (Fsp3) is 0.176. The number of rotatable bonds is 4. The molecule has 2 rings (SSSR count). The van der Waals surface area contributed by atoms with Crippen LogP contribution in [0.3, 0.4) is 0 Å². The molecule has 1 N–H and O–H groups in total. The molecule has 0 aliphatic heterocycles. The van der Waals surface area contributed by atoms with Crippen LogP contribution in [0.2, 0.25) is 0 Å². The highest BCUT2D eigenvalue weighted by Crippen LogP contribution is 2.30. The van der Waals surface area contributed by atoms with Gasteiger partial charge in [-0.05, 0) is 36.4 Å². The van der Waals surface area contributed by atoms with Gasteiger partial charge in [-0.3, -0.25) is 9.59 Å². The van der Waals surface area contributed by atoms with Crippen LogP contribution in [0, 0.1) is 11.6 Å². The van der Waals surface area contributed by atoms with Gasteiger partial charge in [-0.2, -0.15) is 13.2 Å². The summed E-state index contributed by atoms with van der Waals surface area (Å²) in [5.74, 6) is -3.55. The maximum absolute atomic E-state index is 13.1. The summed E-state index contributed by atoms with van der Waals surface area (Å²) < 4.78 is 63.8. The van der Waals surface area contributed by atoms with E-state index < -0.39 is 41.7 Å². The average molecular weight is 372 g/mol. The molecule has 0 aliphatic rings. The van der Waals surface area contributed by atoms with E-state index >= 15 is 0 Å². The first-order valence-corrected chi connectivity index (χ1v) is 7.28. The molecule has 138 valence electrons. The summed E-state index contributed by atoms with van der Waals surface area (Å²) in [6, 6.07) is 6.43. The summed E-state index contributed by atoms with van der Waals surface area (Å²) in [6.45, 7) is 0.627. The van der Waals surface area contributed by atoms with E-state index in [9.17, 15) is 31.5 Å². The summed E-state index contributed by atoms with van der Waals surface area (Å²) in [7, 11) is 0. The first kappa shape index (κ1) is 19.4. The lowest BCUT2D eigenvalue weighted by atomic mass is 10.2. The van der Waals surface area contributed by atoms with Crippen molar-refractivity contribution in [3.8, 4) is 0 Å². The third-order valence-electron chi connectivity index (χ3n) is 3.39. The number of halogens is 5. The molecule has 0 fully saturated rings. The molecule has 0 heterocycles. The largest absolute Gasteiger partial charge is 0.416 e. The van der Waals surface area contributed by atoms with Crippen molar-refractivity contribution in [3.05, 3.63) is 59.7 Å². The summed E-state index contributed by atoms with van der Waals surface area (Å²) in [5, 5.41) is 2.28. The van der Waals surface area contributed by atoms with Gasteiger partial charge in [-0.25, -0.2) is 8.78 Å². The molecule has 2 amide bonds. The van der Waals surface area contributed by atoms with Crippen molar-refractivity contribution in [2.75, 3.05) is 16.8 Å². The minimum absolute atomic E-state index is 0.0233. The van der Waals surface area contributed by atoms with E-state index in [-0.39, 0.29) is 11.4 Å². The number of alkyl halides is 3. The zero-order chi connectivity index (χ0) is 19.5. The van der Waals surface area contributed by atoms with Crippen LogP contribution in [0.4, 0.5) is 33.3 Å². The van der Waals surface area contributed by atoms with Crippen molar-refractivity contribution in [2.45, 2.75) is 13.1 Å². The lowest BCUT2D eigenvalue weighted by Gasteiger charge is -2.21. The highest BCUT2D eigenvalue weighted by Gasteiger charge is 2.30. The minimum atomic E-state index is -4.52. The van der Waals surface area contributed by atoms with Gasteiger partial charge in [0, 0.05) is 24.4 Å². The van der Waals surface area contributed by atoms with Gasteiger partial charge in [-0.15, -0.1) is 0 Å². The second kappa shape index (κ2) is 7.51. The maximum Gasteiger partial charge on any atom is 0.416 e. The van der Waals surface area contributed by atoms with Gasteiger partial charge in [0.2, 0.25) is 11.8 Å². The third-order valence-corrected chi connectivity index (χ3v) is 3.39. The van der Waals surface area contributed by atoms with E-state index in [0.717, 1.165) is 54.3 Å². The monoisotopic (exact) mass is 372 g/mol. The van der Waals surface area contributed by atoms with Crippen LogP contribution < -0.4 is 10.2 Å². The maximum atomic E-state index is 13.1. The Hall–Kier alpha value is -2.97. The molecule has 0 unspecified atom stereocenters. The van der Waals surface area contributed by atoms with Crippen molar-refractivity contribution < 1.29 is 31.5 Å². The number of hydrogen-bond donors (Lipinski definition) is 1. The van der Waals surface area contributed by atoms with Gasteiger partial charge >= 0.3 is 6.18 Å². The van der Waals surface area contributed by atoms with Crippen LogP contribution in [-0.4, -0.2) is 18.4 Å². The summed E-state index contributed by atoms with van der Waals surface area (Å²) in [5.41, 5.74) is -0.827. The Morgan fingerprint density at radius 3 is 2.12 bits per heavy atom. The molecular formula is C17H13F5N2O2. The first-order valence-electron chi connectivity index (χ1n) is 7.28. The van der Waals surface area contributed by atoms with E-state index in [0.29, 0.717) is 0 Å².